The summed E-state index contributed by atoms with van der Waals surface area (Å²) in [5.41, 5.74) is 3.81. The minimum absolute atomic E-state index is 0.0399. The number of rotatable bonds is 3. The maximum absolute atomic E-state index is 13.1. The number of hydrogen-bond donors (Lipinski definition) is 1. The largest absolute Gasteiger partial charge is 0.335 e. The van der Waals surface area contributed by atoms with Gasteiger partial charge in [0.1, 0.15) is 5.82 Å². The summed E-state index contributed by atoms with van der Waals surface area (Å²) in [6.45, 7) is 6.55. The Morgan fingerprint density at radius 2 is 2.04 bits per heavy atom. The molecule has 2 atom stereocenters. The van der Waals surface area contributed by atoms with Gasteiger partial charge in [-0.3, -0.25) is 9.89 Å². The molecular formula is C18H22FN3O. The first-order valence-corrected chi connectivity index (χ1v) is 8.06. The van der Waals surface area contributed by atoms with Crippen LogP contribution in [0.4, 0.5) is 4.39 Å². The topological polar surface area (TPSA) is 49.0 Å². The zero-order chi connectivity index (χ0) is 16.6. The monoisotopic (exact) mass is 315 g/mol. The molecule has 1 fully saturated rings. The molecule has 0 spiro atoms. The van der Waals surface area contributed by atoms with E-state index in [9.17, 15) is 9.18 Å². The standard InChI is InChI=1S/C18H22FN3O/c1-11(17-12(2)20-21-13(17)3)18(23)22-10-4-5-16(22)14-6-8-15(19)9-7-14/h6-9,11,16H,4-5,10H2,1-3H3,(H,20,21). The van der Waals surface area contributed by atoms with Gasteiger partial charge in [0.2, 0.25) is 5.91 Å². The molecule has 1 aromatic carbocycles. The van der Waals surface area contributed by atoms with E-state index in [1.165, 1.54) is 12.1 Å². The Kier molecular flexibility index (Phi) is 4.20. The van der Waals surface area contributed by atoms with Crippen LogP contribution >= 0.6 is 0 Å². The second-order valence-corrected chi connectivity index (χ2v) is 6.31. The number of halogens is 1. The fourth-order valence-electron chi connectivity index (χ4n) is 3.63. The van der Waals surface area contributed by atoms with E-state index in [1.807, 2.05) is 25.7 Å². The van der Waals surface area contributed by atoms with Crippen molar-refractivity contribution in [1.29, 1.82) is 0 Å². The van der Waals surface area contributed by atoms with Crippen molar-refractivity contribution in [3.05, 3.63) is 52.6 Å². The van der Waals surface area contributed by atoms with Crippen molar-refractivity contribution in [3.8, 4) is 0 Å². The molecule has 1 amide bonds. The number of carbonyl (C=O) groups excluding carboxylic acids is 1. The number of nitrogens with zero attached hydrogens (tertiary/aromatic N) is 2. The number of H-pyrrole nitrogens is 1. The SMILES string of the molecule is Cc1n[nH]c(C)c1C(C)C(=O)N1CCCC1c1ccc(F)cc1. The number of aromatic amines is 1. The second kappa shape index (κ2) is 6.14. The lowest BCUT2D eigenvalue weighted by atomic mass is 9.96. The fraction of sp³-hybridized carbons (Fsp3) is 0.444. The van der Waals surface area contributed by atoms with Gasteiger partial charge in [0.05, 0.1) is 17.7 Å². The number of aromatic nitrogens is 2. The molecule has 1 aliphatic heterocycles. The van der Waals surface area contributed by atoms with Gasteiger partial charge in [0, 0.05) is 17.8 Å². The van der Waals surface area contributed by atoms with Crippen molar-refractivity contribution in [2.75, 3.05) is 6.54 Å². The lowest BCUT2D eigenvalue weighted by Gasteiger charge is -2.28. The predicted octanol–water partition coefficient (Wildman–Crippen LogP) is 3.63. The Morgan fingerprint density at radius 1 is 1.35 bits per heavy atom. The lowest BCUT2D eigenvalue weighted by Crippen LogP contribution is -2.34. The molecule has 2 aromatic rings. The van der Waals surface area contributed by atoms with Gasteiger partial charge in [-0.05, 0) is 51.3 Å². The van der Waals surface area contributed by atoms with E-state index >= 15 is 0 Å². The van der Waals surface area contributed by atoms with Crippen LogP contribution in [-0.4, -0.2) is 27.5 Å². The molecule has 1 saturated heterocycles. The summed E-state index contributed by atoms with van der Waals surface area (Å²) >= 11 is 0. The summed E-state index contributed by atoms with van der Waals surface area (Å²) in [5, 5.41) is 7.15. The summed E-state index contributed by atoms with van der Waals surface area (Å²) in [6, 6.07) is 6.53. The average Bonchev–Trinajstić information content (AvgIpc) is 3.14. The molecule has 0 saturated carbocycles. The molecule has 2 heterocycles. The maximum atomic E-state index is 13.1. The van der Waals surface area contributed by atoms with Gasteiger partial charge in [-0.15, -0.1) is 0 Å². The highest BCUT2D eigenvalue weighted by atomic mass is 19.1. The molecule has 0 bridgehead atoms. The average molecular weight is 315 g/mol. The van der Waals surface area contributed by atoms with Crippen LogP contribution in [0.1, 0.15) is 54.2 Å². The molecule has 2 unspecified atom stereocenters. The molecule has 1 N–H and O–H groups in total. The Bertz CT molecular complexity index is 688. The van der Waals surface area contributed by atoms with E-state index in [1.54, 1.807) is 12.1 Å². The van der Waals surface area contributed by atoms with Gasteiger partial charge in [0.15, 0.2) is 0 Å². The number of hydrogen-bond acceptors (Lipinski definition) is 2. The number of aryl methyl sites for hydroxylation is 2. The third kappa shape index (κ3) is 2.87. The zero-order valence-corrected chi connectivity index (χ0v) is 13.8. The Balaban J connectivity index is 1.85. The fourth-order valence-corrected chi connectivity index (χ4v) is 3.63. The minimum Gasteiger partial charge on any atom is -0.335 e. The molecule has 122 valence electrons. The minimum atomic E-state index is -0.248. The van der Waals surface area contributed by atoms with E-state index in [2.05, 4.69) is 10.2 Å². The van der Waals surface area contributed by atoms with Crippen LogP contribution in [-0.2, 0) is 4.79 Å². The van der Waals surface area contributed by atoms with Crippen LogP contribution in [0.25, 0.3) is 0 Å². The Labute approximate surface area is 135 Å². The highest BCUT2D eigenvalue weighted by Gasteiger charge is 2.34. The van der Waals surface area contributed by atoms with Crippen molar-refractivity contribution in [1.82, 2.24) is 15.1 Å². The van der Waals surface area contributed by atoms with E-state index in [0.717, 1.165) is 41.9 Å². The highest BCUT2D eigenvalue weighted by molar-refractivity contribution is 5.84. The van der Waals surface area contributed by atoms with Crippen molar-refractivity contribution in [3.63, 3.8) is 0 Å². The van der Waals surface area contributed by atoms with Crippen LogP contribution in [0.5, 0.6) is 0 Å². The first-order chi connectivity index (χ1) is 11.0. The van der Waals surface area contributed by atoms with Gasteiger partial charge in [-0.25, -0.2) is 4.39 Å². The van der Waals surface area contributed by atoms with Gasteiger partial charge in [-0.1, -0.05) is 12.1 Å². The van der Waals surface area contributed by atoms with E-state index in [0.29, 0.717) is 0 Å². The van der Waals surface area contributed by atoms with Crippen LogP contribution < -0.4 is 0 Å². The molecule has 4 nitrogen and oxygen atoms in total. The van der Waals surface area contributed by atoms with E-state index in [4.69, 9.17) is 0 Å². The molecule has 0 aliphatic carbocycles. The third-order valence-electron chi connectivity index (χ3n) is 4.78. The number of likely N-dealkylation sites (tertiary alicyclic amines) is 1. The first-order valence-electron chi connectivity index (χ1n) is 8.06. The van der Waals surface area contributed by atoms with Crippen molar-refractivity contribution < 1.29 is 9.18 Å². The Morgan fingerprint density at radius 3 is 2.65 bits per heavy atom. The normalized spacial score (nSPS) is 19.1. The summed E-state index contributed by atoms with van der Waals surface area (Å²) in [4.78, 5) is 14.9. The van der Waals surface area contributed by atoms with Crippen LogP contribution in [0.3, 0.4) is 0 Å². The first kappa shape index (κ1) is 15.7. The van der Waals surface area contributed by atoms with Gasteiger partial charge in [-0.2, -0.15) is 5.10 Å². The van der Waals surface area contributed by atoms with Gasteiger partial charge >= 0.3 is 0 Å². The number of amides is 1. The molecule has 3 rings (SSSR count). The molecule has 0 radical (unpaired) electrons. The lowest BCUT2D eigenvalue weighted by molar-refractivity contribution is -0.133. The third-order valence-corrected chi connectivity index (χ3v) is 4.78. The van der Waals surface area contributed by atoms with Crippen LogP contribution in [0.15, 0.2) is 24.3 Å². The smallest absolute Gasteiger partial charge is 0.230 e. The summed E-state index contributed by atoms with van der Waals surface area (Å²) in [7, 11) is 0. The van der Waals surface area contributed by atoms with Crippen molar-refractivity contribution >= 4 is 5.91 Å². The number of carbonyl (C=O) groups is 1. The quantitative estimate of drug-likeness (QED) is 0.940. The van der Waals surface area contributed by atoms with Crippen LogP contribution in [0.2, 0.25) is 0 Å². The molecule has 1 aliphatic rings. The Hall–Kier alpha value is -2.17. The number of nitrogens with one attached hydrogen (secondary N) is 1. The zero-order valence-electron chi connectivity index (χ0n) is 13.8. The summed E-state index contributed by atoms with van der Waals surface area (Å²) < 4.78 is 13.1. The van der Waals surface area contributed by atoms with Gasteiger partial charge < -0.3 is 4.90 Å². The number of benzene rings is 1. The molecule has 1 aromatic heterocycles. The van der Waals surface area contributed by atoms with Crippen molar-refractivity contribution in [2.45, 2.75) is 45.6 Å². The molecular weight excluding hydrogens is 293 g/mol. The van der Waals surface area contributed by atoms with Gasteiger partial charge in [0.25, 0.3) is 0 Å². The molecule has 5 heteroatoms. The summed E-state index contributed by atoms with van der Waals surface area (Å²) in [6.07, 6.45) is 1.90. The summed E-state index contributed by atoms with van der Waals surface area (Å²) in [5.74, 6) is -0.359. The van der Waals surface area contributed by atoms with Crippen molar-refractivity contribution in [2.24, 2.45) is 0 Å². The predicted molar refractivity (Wildman–Crippen MR) is 86.6 cm³/mol. The second-order valence-electron chi connectivity index (χ2n) is 6.31. The van der Waals surface area contributed by atoms with Crippen LogP contribution in [0, 0.1) is 19.7 Å². The highest BCUT2D eigenvalue weighted by Crippen LogP contribution is 2.35. The van der Waals surface area contributed by atoms with E-state index in [-0.39, 0.29) is 23.7 Å². The maximum Gasteiger partial charge on any atom is 0.230 e. The molecule has 23 heavy (non-hydrogen) atoms. The van der Waals surface area contributed by atoms with E-state index < -0.39 is 0 Å².